The molecule has 0 bridgehead atoms. The third kappa shape index (κ3) is 2.67. The zero-order valence-corrected chi connectivity index (χ0v) is 14.5. The molecule has 0 unspecified atom stereocenters. The van der Waals surface area contributed by atoms with Crippen molar-refractivity contribution in [3.63, 3.8) is 0 Å². The zero-order valence-electron chi connectivity index (χ0n) is 12.9. The molecule has 0 aliphatic rings. The van der Waals surface area contributed by atoms with Gasteiger partial charge in [-0.2, -0.15) is 0 Å². The Morgan fingerprint density at radius 2 is 2.04 bits per heavy atom. The summed E-state index contributed by atoms with van der Waals surface area (Å²) in [5.74, 6) is 3.27. The average molecular weight is 343 g/mol. The van der Waals surface area contributed by atoms with Gasteiger partial charge in [-0.3, -0.25) is 9.36 Å². The molecule has 3 rings (SSSR count). The fraction of sp³-hybridized carbons (Fsp3) is 0.222. The van der Waals surface area contributed by atoms with E-state index in [0.717, 1.165) is 26.7 Å². The quantitative estimate of drug-likeness (QED) is 0.666. The molecule has 0 aliphatic heterocycles. The highest BCUT2D eigenvalue weighted by Crippen LogP contribution is 2.36. The fourth-order valence-corrected chi connectivity index (χ4v) is 3.91. The fourth-order valence-electron chi connectivity index (χ4n) is 2.73. The first-order valence-corrected chi connectivity index (χ1v) is 8.48. The van der Waals surface area contributed by atoms with Crippen LogP contribution in [0, 0.1) is 19.3 Å². The molecule has 2 aromatic heterocycles. The Kier molecular flexibility index (Phi) is 4.25. The van der Waals surface area contributed by atoms with E-state index in [9.17, 15) is 4.79 Å². The van der Waals surface area contributed by atoms with Crippen molar-refractivity contribution in [1.82, 2.24) is 9.55 Å². The molecular formula is C18H15ClN2OS. The molecule has 116 valence electrons. The van der Waals surface area contributed by atoms with Gasteiger partial charge in [0.25, 0.3) is 5.56 Å². The first-order valence-electron chi connectivity index (χ1n) is 7.29. The summed E-state index contributed by atoms with van der Waals surface area (Å²) >= 11 is 7.51. The maximum absolute atomic E-state index is 13.0. The number of aromatic nitrogens is 2. The molecule has 0 N–H and O–H groups in total. The highest BCUT2D eigenvalue weighted by Gasteiger charge is 2.18. The maximum atomic E-state index is 13.0. The number of hydrogen-bond donors (Lipinski definition) is 0. The molecule has 0 atom stereocenters. The number of thiophene rings is 1. The second kappa shape index (κ2) is 6.19. The molecule has 0 fully saturated rings. The van der Waals surface area contributed by atoms with E-state index in [2.05, 4.69) is 10.9 Å². The summed E-state index contributed by atoms with van der Waals surface area (Å²) < 4.78 is 1.59. The summed E-state index contributed by atoms with van der Waals surface area (Å²) in [5, 5.41) is 1.31. The Morgan fingerprint density at radius 1 is 1.35 bits per heavy atom. The number of fused-ring (bicyclic) bond motifs is 1. The van der Waals surface area contributed by atoms with Crippen LogP contribution in [0.5, 0.6) is 0 Å². The van der Waals surface area contributed by atoms with Crippen molar-refractivity contribution in [2.45, 2.75) is 26.8 Å². The number of aryl methyl sites for hydroxylation is 2. The SMILES string of the molecule is C#CCn1c(CC)nc2sc(C)c(-c3ccc(Cl)cc3)c2c1=O. The van der Waals surface area contributed by atoms with Crippen molar-refractivity contribution in [2.75, 3.05) is 0 Å². The van der Waals surface area contributed by atoms with E-state index in [-0.39, 0.29) is 12.1 Å². The van der Waals surface area contributed by atoms with Gasteiger partial charge < -0.3 is 0 Å². The van der Waals surface area contributed by atoms with Gasteiger partial charge in [0.1, 0.15) is 10.7 Å². The van der Waals surface area contributed by atoms with Gasteiger partial charge in [-0.1, -0.05) is 36.6 Å². The van der Waals surface area contributed by atoms with Crippen molar-refractivity contribution >= 4 is 33.2 Å². The summed E-state index contributed by atoms with van der Waals surface area (Å²) in [6.07, 6.45) is 6.09. The summed E-state index contributed by atoms with van der Waals surface area (Å²) in [4.78, 5) is 19.5. The van der Waals surface area contributed by atoms with Crippen LogP contribution in [0.1, 0.15) is 17.6 Å². The molecule has 2 heterocycles. The van der Waals surface area contributed by atoms with Crippen molar-refractivity contribution < 1.29 is 0 Å². The molecule has 3 nitrogen and oxygen atoms in total. The van der Waals surface area contributed by atoms with E-state index in [1.807, 2.05) is 38.1 Å². The van der Waals surface area contributed by atoms with E-state index in [1.54, 1.807) is 4.57 Å². The largest absolute Gasteiger partial charge is 0.284 e. The average Bonchev–Trinajstić information content (AvgIpc) is 2.87. The smallest absolute Gasteiger partial charge is 0.263 e. The Morgan fingerprint density at radius 3 is 2.65 bits per heavy atom. The molecule has 0 radical (unpaired) electrons. The summed E-state index contributed by atoms with van der Waals surface area (Å²) in [6, 6.07) is 7.51. The molecule has 0 saturated carbocycles. The minimum absolute atomic E-state index is 0.0703. The molecular weight excluding hydrogens is 328 g/mol. The third-order valence-corrected chi connectivity index (χ3v) is 5.02. The predicted octanol–water partition coefficient (Wildman–Crippen LogP) is 4.28. The van der Waals surface area contributed by atoms with Crippen LogP contribution in [0.2, 0.25) is 5.02 Å². The molecule has 0 amide bonds. The number of terminal acetylenes is 1. The number of benzene rings is 1. The van der Waals surface area contributed by atoms with Gasteiger partial charge in [0.15, 0.2) is 0 Å². The number of nitrogens with zero attached hydrogens (tertiary/aromatic N) is 2. The first kappa shape index (κ1) is 15.8. The van der Waals surface area contributed by atoms with Crippen LogP contribution in [-0.4, -0.2) is 9.55 Å². The van der Waals surface area contributed by atoms with Crippen LogP contribution in [-0.2, 0) is 13.0 Å². The third-order valence-electron chi connectivity index (χ3n) is 3.77. The van der Waals surface area contributed by atoms with Crippen molar-refractivity contribution in [3.05, 3.63) is 50.3 Å². The summed E-state index contributed by atoms with van der Waals surface area (Å²) in [6.45, 7) is 4.22. The first-order chi connectivity index (χ1) is 11.1. The van der Waals surface area contributed by atoms with Gasteiger partial charge >= 0.3 is 0 Å². The summed E-state index contributed by atoms with van der Waals surface area (Å²) in [7, 11) is 0. The molecule has 3 aromatic rings. The Balaban J connectivity index is 2.38. The van der Waals surface area contributed by atoms with Crippen LogP contribution in [0.4, 0.5) is 0 Å². The molecule has 1 aromatic carbocycles. The minimum Gasteiger partial charge on any atom is -0.284 e. The second-order valence-electron chi connectivity index (χ2n) is 5.20. The van der Waals surface area contributed by atoms with Gasteiger partial charge in [-0.25, -0.2) is 4.98 Å². The lowest BCUT2D eigenvalue weighted by molar-refractivity contribution is 0.712. The zero-order chi connectivity index (χ0) is 16.6. The van der Waals surface area contributed by atoms with E-state index in [4.69, 9.17) is 18.0 Å². The molecule has 0 aliphatic carbocycles. The molecule has 23 heavy (non-hydrogen) atoms. The van der Waals surface area contributed by atoms with Gasteiger partial charge in [0, 0.05) is 21.9 Å². The highest BCUT2D eigenvalue weighted by molar-refractivity contribution is 7.19. The van der Waals surface area contributed by atoms with Crippen LogP contribution in [0.3, 0.4) is 0 Å². The van der Waals surface area contributed by atoms with Gasteiger partial charge in [-0.15, -0.1) is 17.8 Å². The number of hydrogen-bond acceptors (Lipinski definition) is 3. The van der Waals surface area contributed by atoms with Crippen LogP contribution in [0.25, 0.3) is 21.3 Å². The monoisotopic (exact) mass is 342 g/mol. The Bertz CT molecular complexity index is 977. The number of halogens is 1. The van der Waals surface area contributed by atoms with Gasteiger partial charge in [0.05, 0.1) is 11.9 Å². The van der Waals surface area contributed by atoms with Crippen molar-refractivity contribution in [3.8, 4) is 23.5 Å². The normalized spacial score (nSPS) is 10.9. The van der Waals surface area contributed by atoms with Crippen LogP contribution in [0.15, 0.2) is 29.1 Å². The van der Waals surface area contributed by atoms with E-state index >= 15 is 0 Å². The molecule has 0 saturated heterocycles. The van der Waals surface area contributed by atoms with E-state index in [0.29, 0.717) is 16.8 Å². The highest BCUT2D eigenvalue weighted by atomic mass is 35.5. The Labute approximate surface area is 143 Å². The van der Waals surface area contributed by atoms with E-state index in [1.165, 1.54) is 11.3 Å². The lowest BCUT2D eigenvalue weighted by Gasteiger charge is -2.09. The lowest BCUT2D eigenvalue weighted by Crippen LogP contribution is -2.24. The second-order valence-corrected chi connectivity index (χ2v) is 6.84. The molecule has 0 spiro atoms. The van der Waals surface area contributed by atoms with Crippen LogP contribution < -0.4 is 5.56 Å². The predicted molar refractivity (Wildman–Crippen MR) is 97.3 cm³/mol. The van der Waals surface area contributed by atoms with E-state index < -0.39 is 0 Å². The molecule has 5 heteroatoms. The van der Waals surface area contributed by atoms with Gasteiger partial charge in [-0.05, 0) is 24.6 Å². The number of rotatable bonds is 3. The van der Waals surface area contributed by atoms with Crippen LogP contribution >= 0.6 is 22.9 Å². The Hall–Kier alpha value is -2.09. The minimum atomic E-state index is -0.0703. The standard InChI is InChI=1S/C18H15ClN2OS/c1-4-10-21-14(5-2)20-17-16(18(21)22)15(11(3)23-17)12-6-8-13(19)9-7-12/h1,6-9H,5,10H2,2-3H3. The summed E-state index contributed by atoms with van der Waals surface area (Å²) in [5.41, 5.74) is 1.82. The van der Waals surface area contributed by atoms with Crippen molar-refractivity contribution in [2.24, 2.45) is 0 Å². The lowest BCUT2D eigenvalue weighted by atomic mass is 10.0. The maximum Gasteiger partial charge on any atom is 0.263 e. The van der Waals surface area contributed by atoms with Gasteiger partial charge in [0.2, 0.25) is 0 Å². The topological polar surface area (TPSA) is 34.9 Å². The van der Waals surface area contributed by atoms with Crippen molar-refractivity contribution in [1.29, 1.82) is 0 Å².